The van der Waals surface area contributed by atoms with Crippen molar-refractivity contribution >= 4 is 17.3 Å². The summed E-state index contributed by atoms with van der Waals surface area (Å²) in [6.45, 7) is 4.23. The van der Waals surface area contributed by atoms with Gasteiger partial charge in [0, 0.05) is 24.5 Å². The molecule has 0 amide bonds. The van der Waals surface area contributed by atoms with Crippen LogP contribution in [-0.4, -0.2) is 24.2 Å². The number of anilines is 2. The number of carboxylic acids is 1. The maximum absolute atomic E-state index is 11.0. The lowest BCUT2D eigenvalue weighted by molar-refractivity contribution is 0.0698. The van der Waals surface area contributed by atoms with Crippen LogP contribution >= 0.6 is 0 Å². The highest BCUT2D eigenvalue weighted by Crippen LogP contribution is 2.26. The van der Waals surface area contributed by atoms with E-state index in [1.54, 1.807) is 12.1 Å². The molecule has 3 N–H and O–H groups in total. The number of rotatable bonds is 2. The van der Waals surface area contributed by atoms with Crippen molar-refractivity contribution in [3.05, 3.63) is 23.8 Å². The molecule has 0 unspecified atom stereocenters. The quantitative estimate of drug-likeness (QED) is 0.770. The number of nitrogen functional groups attached to an aromatic ring is 1. The summed E-state index contributed by atoms with van der Waals surface area (Å²) in [5.41, 5.74) is 7.13. The molecule has 1 aromatic rings. The zero-order chi connectivity index (χ0) is 12.4. The van der Waals surface area contributed by atoms with E-state index in [2.05, 4.69) is 11.8 Å². The Balaban J connectivity index is 2.21. The summed E-state index contributed by atoms with van der Waals surface area (Å²) in [6, 6.07) is 5.25. The van der Waals surface area contributed by atoms with E-state index in [-0.39, 0.29) is 5.56 Å². The van der Waals surface area contributed by atoms with E-state index in [4.69, 9.17) is 10.8 Å². The maximum atomic E-state index is 11.0. The van der Waals surface area contributed by atoms with Crippen LogP contribution in [0.4, 0.5) is 11.4 Å². The highest BCUT2D eigenvalue weighted by molar-refractivity contribution is 5.94. The molecule has 92 valence electrons. The molecule has 1 aliphatic rings. The number of piperidine rings is 1. The summed E-state index contributed by atoms with van der Waals surface area (Å²) in [6.07, 6.45) is 2.32. The van der Waals surface area contributed by atoms with Crippen LogP contribution in [0.15, 0.2) is 18.2 Å². The van der Waals surface area contributed by atoms with Gasteiger partial charge in [-0.2, -0.15) is 0 Å². The molecule has 0 atom stereocenters. The fourth-order valence-electron chi connectivity index (χ4n) is 2.19. The summed E-state index contributed by atoms with van der Waals surface area (Å²) >= 11 is 0. The Morgan fingerprint density at radius 2 is 2.06 bits per heavy atom. The average Bonchev–Trinajstić information content (AvgIpc) is 2.30. The molecule has 0 aromatic heterocycles. The number of nitrogens with zero attached hydrogens (tertiary/aromatic N) is 1. The number of benzene rings is 1. The third-order valence-electron chi connectivity index (χ3n) is 3.42. The Hall–Kier alpha value is -1.71. The topological polar surface area (TPSA) is 66.6 Å². The average molecular weight is 234 g/mol. The van der Waals surface area contributed by atoms with Gasteiger partial charge < -0.3 is 15.7 Å². The lowest BCUT2D eigenvalue weighted by Crippen LogP contribution is -2.32. The molecule has 2 rings (SSSR count). The number of nitrogens with two attached hydrogens (primary N) is 1. The van der Waals surface area contributed by atoms with Gasteiger partial charge in [-0.05, 0) is 37.0 Å². The molecular formula is C13H18N2O2. The molecule has 4 nitrogen and oxygen atoms in total. The molecule has 17 heavy (non-hydrogen) atoms. The highest BCUT2D eigenvalue weighted by Gasteiger charge is 2.17. The largest absolute Gasteiger partial charge is 0.478 e. The molecule has 1 saturated heterocycles. The summed E-state index contributed by atoms with van der Waals surface area (Å²) in [4.78, 5) is 13.2. The minimum absolute atomic E-state index is 0.195. The van der Waals surface area contributed by atoms with Crippen molar-refractivity contribution in [2.24, 2.45) is 5.92 Å². The Bertz CT molecular complexity index is 423. The van der Waals surface area contributed by atoms with E-state index in [9.17, 15) is 4.79 Å². The van der Waals surface area contributed by atoms with Gasteiger partial charge in [-0.15, -0.1) is 0 Å². The van der Waals surface area contributed by atoms with Crippen molar-refractivity contribution in [1.29, 1.82) is 0 Å². The van der Waals surface area contributed by atoms with Gasteiger partial charge in [0.1, 0.15) is 0 Å². The summed E-state index contributed by atoms with van der Waals surface area (Å²) < 4.78 is 0. The van der Waals surface area contributed by atoms with Crippen LogP contribution in [0.3, 0.4) is 0 Å². The Morgan fingerprint density at radius 3 is 2.65 bits per heavy atom. The molecular weight excluding hydrogens is 216 g/mol. The van der Waals surface area contributed by atoms with E-state index < -0.39 is 5.97 Å². The number of hydrogen-bond acceptors (Lipinski definition) is 3. The Morgan fingerprint density at radius 1 is 1.41 bits per heavy atom. The molecule has 1 aliphatic heterocycles. The van der Waals surface area contributed by atoms with Gasteiger partial charge in [-0.25, -0.2) is 4.79 Å². The normalized spacial score (nSPS) is 17.1. The predicted octanol–water partition coefficient (Wildman–Crippen LogP) is 2.20. The molecule has 0 radical (unpaired) electrons. The van der Waals surface area contributed by atoms with E-state index in [1.165, 1.54) is 0 Å². The summed E-state index contributed by atoms with van der Waals surface area (Å²) in [5, 5.41) is 9.03. The number of aromatic carboxylic acids is 1. The third kappa shape index (κ3) is 2.52. The SMILES string of the molecule is CC1CCN(c2ccc(N)c(C(=O)O)c2)CC1. The van der Waals surface area contributed by atoms with Gasteiger partial charge in [-0.1, -0.05) is 6.92 Å². The summed E-state index contributed by atoms with van der Waals surface area (Å²) in [5.74, 6) is -0.200. The number of carboxylic acid groups (broad SMARTS) is 1. The van der Waals surface area contributed by atoms with E-state index in [0.29, 0.717) is 5.69 Å². The van der Waals surface area contributed by atoms with Crippen molar-refractivity contribution in [3.8, 4) is 0 Å². The molecule has 4 heteroatoms. The monoisotopic (exact) mass is 234 g/mol. The van der Waals surface area contributed by atoms with Gasteiger partial charge in [0.05, 0.1) is 5.56 Å². The van der Waals surface area contributed by atoms with Gasteiger partial charge in [0.25, 0.3) is 0 Å². The third-order valence-corrected chi connectivity index (χ3v) is 3.42. The predicted molar refractivity (Wildman–Crippen MR) is 68.4 cm³/mol. The zero-order valence-electron chi connectivity index (χ0n) is 10.0. The summed E-state index contributed by atoms with van der Waals surface area (Å²) in [7, 11) is 0. The Kier molecular flexibility index (Phi) is 3.22. The van der Waals surface area contributed by atoms with Gasteiger partial charge in [-0.3, -0.25) is 0 Å². The molecule has 0 bridgehead atoms. The molecule has 0 aliphatic carbocycles. The fourth-order valence-corrected chi connectivity index (χ4v) is 2.19. The Labute approximate surface area is 101 Å². The van der Waals surface area contributed by atoms with Crippen LogP contribution < -0.4 is 10.6 Å². The molecule has 1 aromatic carbocycles. The zero-order valence-corrected chi connectivity index (χ0v) is 10.0. The van der Waals surface area contributed by atoms with Gasteiger partial charge >= 0.3 is 5.97 Å². The van der Waals surface area contributed by atoms with Crippen LogP contribution in [0.5, 0.6) is 0 Å². The van der Waals surface area contributed by atoms with Gasteiger partial charge in [0.2, 0.25) is 0 Å². The van der Waals surface area contributed by atoms with Crippen molar-refractivity contribution in [1.82, 2.24) is 0 Å². The van der Waals surface area contributed by atoms with Crippen molar-refractivity contribution < 1.29 is 9.90 Å². The lowest BCUT2D eigenvalue weighted by atomic mass is 9.98. The molecule has 1 heterocycles. The van der Waals surface area contributed by atoms with Crippen molar-refractivity contribution in [2.75, 3.05) is 23.7 Å². The molecule has 0 saturated carbocycles. The van der Waals surface area contributed by atoms with Crippen LogP contribution in [0, 0.1) is 5.92 Å². The number of carbonyl (C=O) groups is 1. The molecule has 1 fully saturated rings. The van der Waals surface area contributed by atoms with Crippen LogP contribution in [0.1, 0.15) is 30.1 Å². The first-order valence-electron chi connectivity index (χ1n) is 5.95. The van der Waals surface area contributed by atoms with E-state index in [0.717, 1.165) is 37.5 Å². The van der Waals surface area contributed by atoms with E-state index in [1.807, 2.05) is 6.07 Å². The second-order valence-corrected chi connectivity index (χ2v) is 4.75. The van der Waals surface area contributed by atoms with E-state index >= 15 is 0 Å². The van der Waals surface area contributed by atoms with Crippen molar-refractivity contribution in [2.45, 2.75) is 19.8 Å². The number of hydrogen-bond donors (Lipinski definition) is 2. The van der Waals surface area contributed by atoms with Crippen molar-refractivity contribution in [3.63, 3.8) is 0 Å². The first kappa shape index (κ1) is 11.8. The standard InChI is InChI=1S/C13H18N2O2/c1-9-4-6-15(7-5-9)10-2-3-12(14)11(8-10)13(16)17/h2-3,8-9H,4-7,14H2,1H3,(H,16,17). The smallest absolute Gasteiger partial charge is 0.337 e. The first-order chi connectivity index (χ1) is 8.08. The maximum Gasteiger partial charge on any atom is 0.337 e. The van der Waals surface area contributed by atoms with Crippen LogP contribution in [-0.2, 0) is 0 Å². The first-order valence-corrected chi connectivity index (χ1v) is 5.95. The highest BCUT2D eigenvalue weighted by atomic mass is 16.4. The minimum Gasteiger partial charge on any atom is -0.478 e. The minimum atomic E-state index is -0.963. The van der Waals surface area contributed by atoms with Crippen LogP contribution in [0.25, 0.3) is 0 Å². The van der Waals surface area contributed by atoms with Gasteiger partial charge in [0.15, 0.2) is 0 Å². The second kappa shape index (κ2) is 4.65. The molecule has 0 spiro atoms. The fraction of sp³-hybridized carbons (Fsp3) is 0.462. The second-order valence-electron chi connectivity index (χ2n) is 4.75. The lowest BCUT2D eigenvalue weighted by Gasteiger charge is -2.32. The van der Waals surface area contributed by atoms with Crippen LogP contribution in [0.2, 0.25) is 0 Å².